The van der Waals surface area contributed by atoms with E-state index in [4.69, 9.17) is 16.3 Å². The predicted molar refractivity (Wildman–Crippen MR) is 122 cm³/mol. The standard InChI is InChI=1S/C26H34ClNO3/c1-17-4-3-9-25(2)15-23-20(14-22(17)25)21(24(29)31-23)16-28-12-10-26(30,11-13-28)18-5-7-19(27)8-6-18/h5-8,14,17,20-21,23,30H,3-4,9-13,15-16H2,1-2H3/t17-,20+,21-,23+,25+/m0/s1. The van der Waals surface area contributed by atoms with E-state index in [2.05, 4.69) is 24.8 Å². The van der Waals surface area contributed by atoms with Gasteiger partial charge in [-0.2, -0.15) is 0 Å². The second-order valence-electron chi connectivity index (χ2n) is 10.7. The first kappa shape index (κ1) is 21.5. The third kappa shape index (κ3) is 3.85. The van der Waals surface area contributed by atoms with E-state index in [1.807, 2.05) is 24.3 Å². The van der Waals surface area contributed by atoms with Crippen LogP contribution < -0.4 is 0 Å². The van der Waals surface area contributed by atoms with Crippen molar-refractivity contribution in [2.24, 2.45) is 23.2 Å². The molecule has 3 fully saturated rings. The zero-order chi connectivity index (χ0) is 21.8. The number of benzene rings is 1. The topological polar surface area (TPSA) is 49.8 Å². The summed E-state index contributed by atoms with van der Waals surface area (Å²) in [6.07, 6.45) is 8.52. The molecule has 5 rings (SSSR count). The van der Waals surface area contributed by atoms with Gasteiger partial charge in [0, 0.05) is 30.6 Å². The molecular formula is C26H34ClNO3. The van der Waals surface area contributed by atoms with Gasteiger partial charge in [0.15, 0.2) is 0 Å². The molecule has 5 heteroatoms. The van der Waals surface area contributed by atoms with Crippen molar-refractivity contribution >= 4 is 17.6 Å². The summed E-state index contributed by atoms with van der Waals surface area (Å²) in [4.78, 5) is 15.2. The highest BCUT2D eigenvalue weighted by molar-refractivity contribution is 6.30. The average molecular weight is 444 g/mol. The van der Waals surface area contributed by atoms with Gasteiger partial charge in [0.1, 0.15) is 6.10 Å². The van der Waals surface area contributed by atoms with Crippen LogP contribution in [0.2, 0.25) is 5.02 Å². The van der Waals surface area contributed by atoms with Gasteiger partial charge in [-0.25, -0.2) is 0 Å². The Morgan fingerprint density at radius 1 is 1.19 bits per heavy atom. The van der Waals surface area contributed by atoms with Crippen molar-refractivity contribution in [2.75, 3.05) is 19.6 Å². The summed E-state index contributed by atoms with van der Waals surface area (Å²) in [6, 6.07) is 7.53. The minimum absolute atomic E-state index is 0.0275. The van der Waals surface area contributed by atoms with Crippen LogP contribution in [-0.2, 0) is 15.1 Å². The van der Waals surface area contributed by atoms with Crippen molar-refractivity contribution in [3.8, 4) is 0 Å². The maximum absolute atomic E-state index is 12.8. The number of hydrogen-bond acceptors (Lipinski definition) is 4. The summed E-state index contributed by atoms with van der Waals surface area (Å²) in [5, 5.41) is 11.9. The summed E-state index contributed by atoms with van der Waals surface area (Å²) >= 11 is 6.01. The first-order chi connectivity index (χ1) is 14.8. The molecule has 4 nitrogen and oxygen atoms in total. The number of piperidine rings is 1. The molecule has 0 radical (unpaired) electrons. The van der Waals surface area contributed by atoms with Crippen LogP contribution in [0.25, 0.3) is 0 Å². The fourth-order valence-electron chi connectivity index (χ4n) is 6.69. The average Bonchev–Trinajstić information content (AvgIpc) is 3.02. The Bertz CT molecular complexity index is 873. The molecule has 2 aliphatic carbocycles. The van der Waals surface area contributed by atoms with Crippen molar-refractivity contribution in [2.45, 2.75) is 64.1 Å². The van der Waals surface area contributed by atoms with Crippen LogP contribution in [0.4, 0.5) is 0 Å². The summed E-state index contributed by atoms with van der Waals surface area (Å²) in [5.41, 5.74) is 1.89. The Hall–Kier alpha value is -1.36. The van der Waals surface area contributed by atoms with Gasteiger partial charge in [-0.1, -0.05) is 55.7 Å². The third-order valence-corrected chi connectivity index (χ3v) is 8.85. The number of carbonyl (C=O) groups excluding carboxylic acids is 1. The SMILES string of the molecule is C[C@H]1CCC[C@]2(C)C[C@H]3OC(=O)[C@@H](CN4CCC(O)(c5ccc(Cl)cc5)CC4)[C@H]3C=C12. The number of halogens is 1. The first-order valence-electron chi connectivity index (χ1n) is 11.9. The van der Waals surface area contributed by atoms with E-state index >= 15 is 0 Å². The lowest BCUT2D eigenvalue weighted by Gasteiger charge is -2.46. The molecule has 0 aromatic heterocycles. The second kappa shape index (κ2) is 7.90. The highest BCUT2D eigenvalue weighted by Crippen LogP contribution is 2.54. The fraction of sp³-hybridized carbons (Fsp3) is 0.654. The maximum Gasteiger partial charge on any atom is 0.311 e. The lowest BCUT2D eigenvalue weighted by atomic mass is 9.59. The Balaban J connectivity index is 1.28. The van der Waals surface area contributed by atoms with Crippen LogP contribution in [0.15, 0.2) is 35.9 Å². The number of ether oxygens (including phenoxy) is 1. The summed E-state index contributed by atoms with van der Waals surface area (Å²) in [7, 11) is 0. The smallest absolute Gasteiger partial charge is 0.311 e. The van der Waals surface area contributed by atoms with E-state index in [9.17, 15) is 9.90 Å². The van der Waals surface area contributed by atoms with E-state index in [1.54, 1.807) is 5.57 Å². The van der Waals surface area contributed by atoms with Crippen molar-refractivity contribution < 1.29 is 14.6 Å². The molecule has 5 atom stereocenters. The zero-order valence-corrected chi connectivity index (χ0v) is 19.4. The van der Waals surface area contributed by atoms with Crippen molar-refractivity contribution in [1.82, 2.24) is 4.90 Å². The molecule has 4 aliphatic rings. The molecule has 2 saturated heterocycles. The number of fused-ring (bicyclic) bond motifs is 2. The number of allylic oxidation sites excluding steroid dienone is 1. The number of carbonyl (C=O) groups is 1. The normalized spacial score (nSPS) is 37.5. The van der Waals surface area contributed by atoms with Crippen LogP contribution in [0.5, 0.6) is 0 Å². The van der Waals surface area contributed by atoms with E-state index in [1.165, 1.54) is 19.3 Å². The summed E-state index contributed by atoms with van der Waals surface area (Å²) < 4.78 is 5.92. The number of hydrogen-bond donors (Lipinski definition) is 1. The molecule has 2 heterocycles. The van der Waals surface area contributed by atoms with Gasteiger partial charge in [-0.3, -0.25) is 4.79 Å². The molecule has 168 valence electrons. The molecule has 1 aromatic rings. The lowest BCUT2D eigenvalue weighted by Crippen LogP contribution is -2.46. The van der Waals surface area contributed by atoms with Gasteiger partial charge in [0.05, 0.1) is 11.5 Å². The largest absolute Gasteiger partial charge is 0.461 e. The van der Waals surface area contributed by atoms with E-state index in [0.29, 0.717) is 23.8 Å². The van der Waals surface area contributed by atoms with Crippen molar-refractivity contribution in [3.63, 3.8) is 0 Å². The number of rotatable bonds is 3. The maximum atomic E-state index is 12.8. The molecule has 31 heavy (non-hydrogen) atoms. The lowest BCUT2D eigenvalue weighted by molar-refractivity contribution is -0.145. The number of likely N-dealkylation sites (tertiary alicyclic amines) is 1. The monoisotopic (exact) mass is 443 g/mol. The van der Waals surface area contributed by atoms with E-state index in [0.717, 1.165) is 31.6 Å². The Kier molecular flexibility index (Phi) is 5.47. The molecule has 0 spiro atoms. The van der Waals surface area contributed by atoms with Gasteiger partial charge in [0.25, 0.3) is 0 Å². The van der Waals surface area contributed by atoms with Crippen LogP contribution in [0.1, 0.15) is 57.9 Å². The van der Waals surface area contributed by atoms with Crippen LogP contribution in [0, 0.1) is 23.2 Å². The van der Waals surface area contributed by atoms with Gasteiger partial charge >= 0.3 is 5.97 Å². The molecule has 1 N–H and O–H groups in total. The minimum Gasteiger partial charge on any atom is -0.461 e. The highest BCUT2D eigenvalue weighted by Gasteiger charge is 2.52. The van der Waals surface area contributed by atoms with E-state index in [-0.39, 0.29) is 29.3 Å². The number of aliphatic hydroxyl groups is 1. The molecular weight excluding hydrogens is 410 g/mol. The quantitative estimate of drug-likeness (QED) is 0.531. The first-order valence-corrected chi connectivity index (χ1v) is 12.3. The van der Waals surface area contributed by atoms with Gasteiger partial charge in [-0.15, -0.1) is 0 Å². The molecule has 1 aromatic carbocycles. The Labute approximate surface area is 190 Å². The van der Waals surface area contributed by atoms with Gasteiger partial charge in [-0.05, 0) is 61.1 Å². The van der Waals surface area contributed by atoms with Crippen LogP contribution in [0.3, 0.4) is 0 Å². The fourth-order valence-corrected chi connectivity index (χ4v) is 6.82. The molecule has 1 saturated carbocycles. The minimum atomic E-state index is -0.814. The van der Waals surface area contributed by atoms with Gasteiger partial charge in [0.2, 0.25) is 0 Å². The molecule has 2 aliphatic heterocycles. The summed E-state index contributed by atoms with van der Waals surface area (Å²) in [5.74, 6) is 0.701. The van der Waals surface area contributed by atoms with Crippen LogP contribution >= 0.6 is 11.6 Å². The number of nitrogens with zero attached hydrogens (tertiary/aromatic N) is 1. The Morgan fingerprint density at radius 2 is 1.90 bits per heavy atom. The number of esters is 1. The molecule has 0 unspecified atom stereocenters. The second-order valence-corrected chi connectivity index (χ2v) is 11.1. The highest BCUT2D eigenvalue weighted by atomic mass is 35.5. The van der Waals surface area contributed by atoms with Crippen LogP contribution in [-0.4, -0.2) is 41.7 Å². The molecule has 0 amide bonds. The van der Waals surface area contributed by atoms with E-state index < -0.39 is 5.60 Å². The predicted octanol–water partition coefficient (Wildman–Crippen LogP) is 4.94. The van der Waals surface area contributed by atoms with Crippen molar-refractivity contribution in [1.29, 1.82) is 0 Å². The summed E-state index contributed by atoms with van der Waals surface area (Å²) in [6.45, 7) is 7.01. The Morgan fingerprint density at radius 3 is 2.61 bits per heavy atom. The third-order valence-electron chi connectivity index (χ3n) is 8.60. The van der Waals surface area contributed by atoms with Crippen molar-refractivity contribution in [3.05, 3.63) is 46.5 Å². The molecule has 0 bridgehead atoms. The zero-order valence-electron chi connectivity index (χ0n) is 18.6. The van der Waals surface area contributed by atoms with Gasteiger partial charge < -0.3 is 14.7 Å².